The summed E-state index contributed by atoms with van der Waals surface area (Å²) in [5, 5.41) is 7.75. The number of rotatable bonds is 0. The second kappa shape index (κ2) is 4.30. The number of nitrogens with zero attached hydrogens (tertiary/aromatic N) is 2. The summed E-state index contributed by atoms with van der Waals surface area (Å²) >= 11 is 0. The Labute approximate surface area is 84.7 Å². The number of hydrogen-bond acceptors (Lipinski definition) is 1. The van der Waals surface area contributed by atoms with Gasteiger partial charge in [-0.2, -0.15) is 4.99 Å². The first-order valence-corrected chi connectivity index (χ1v) is 4.99. The molecule has 0 aromatic rings. The molecule has 0 saturated carbocycles. The van der Waals surface area contributed by atoms with Crippen LogP contribution in [0.25, 0.3) is 0 Å². The van der Waals surface area contributed by atoms with Crippen molar-refractivity contribution >= 4 is 11.9 Å². The lowest BCUT2D eigenvalue weighted by molar-refractivity contribution is 0.188. The number of aliphatic imine (C=N–C) groups is 1. The zero-order valence-corrected chi connectivity index (χ0v) is 8.83. The minimum Gasteiger partial charge on any atom is -0.370 e. The number of hydrogen-bond donors (Lipinski definition) is 3. The van der Waals surface area contributed by atoms with Crippen LogP contribution in [0.4, 0.5) is 0 Å². The molecule has 5 heteroatoms. The van der Waals surface area contributed by atoms with Crippen molar-refractivity contribution in [2.45, 2.75) is 45.2 Å². The van der Waals surface area contributed by atoms with E-state index in [1.165, 1.54) is 6.42 Å². The second-order valence-electron chi connectivity index (χ2n) is 3.90. The van der Waals surface area contributed by atoms with Crippen LogP contribution in [0.15, 0.2) is 4.99 Å². The fraction of sp³-hybridized carbons (Fsp3) is 0.778. The molecule has 2 atom stereocenters. The maximum Gasteiger partial charge on any atom is 0.221 e. The van der Waals surface area contributed by atoms with Crippen molar-refractivity contribution in [3.05, 3.63) is 0 Å². The lowest BCUT2D eigenvalue weighted by Gasteiger charge is -2.39. The summed E-state index contributed by atoms with van der Waals surface area (Å²) in [5.74, 6) is 0.143. The number of likely N-dealkylation sites (tertiary alicyclic amines) is 1. The van der Waals surface area contributed by atoms with Gasteiger partial charge < -0.3 is 16.4 Å². The molecule has 0 spiro atoms. The molecule has 0 aromatic carbocycles. The van der Waals surface area contributed by atoms with E-state index in [-0.39, 0.29) is 11.9 Å². The summed E-state index contributed by atoms with van der Waals surface area (Å²) in [5.41, 5.74) is 10.5. The molecule has 0 aromatic heterocycles. The summed E-state index contributed by atoms with van der Waals surface area (Å²) in [6, 6.07) is 0.712. The van der Waals surface area contributed by atoms with Crippen molar-refractivity contribution in [2.24, 2.45) is 16.5 Å². The van der Waals surface area contributed by atoms with E-state index in [0.717, 1.165) is 12.8 Å². The molecular formula is C9H19N5. The van der Waals surface area contributed by atoms with E-state index in [2.05, 4.69) is 18.8 Å². The molecule has 1 rings (SSSR count). The van der Waals surface area contributed by atoms with Crippen molar-refractivity contribution in [3.63, 3.8) is 0 Å². The molecule has 0 amide bonds. The summed E-state index contributed by atoms with van der Waals surface area (Å²) in [4.78, 5) is 5.76. The third-order valence-electron chi connectivity index (χ3n) is 2.67. The maximum absolute atomic E-state index is 7.75. The second-order valence-corrected chi connectivity index (χ2v) is 3.90. The third kappa shape index (κ3) is 2.37. The Morgan fingerprint density at radius 2 is 1.79 bits per heavy atom. The average Bonchev–Trinajstić information content (AvgIpc) is 2.01. The molecule has 1 saturated heterocycles. The van der Waals surface area contributed by atoms with Gasteiger partial charge >= 0.3 is 0 Å². The van der Waals surface area contributed by atoms with Gasteiger partial charge in [-0.1, -0.05) is 0 Å². The molecule has 0 bridgehead atoms. The largest absolute Gasteiger partial charge is 0.370 e. The van der Waals surface area contributed by atoms with Crippen molar-refractivity contribution in [2.75, 3.05) is 0 Å². The Morgan fingerprint density at radius 3 is 2.21 bits per heavy atom. The van der Waals surface area contributed by atoms with Gasteiger partial charge in [0, 0.05) is 12.1 Å². The first kappa shape index (κ1) is 10.8. The highest BCUT2D eigenvalue weighted by atomic mass is 15.3. The van der Waals surface area contributed by atoms with Gasteiger partial charge in [0.2, 0.25) is 5.96 Å². The highest BCUT2D eigenvalue weighted by molar-refractivity contribution is 5.92. The summed E-state index contributed by atoms with van der Waals surface area (Å²) < 4.78 is 0. The lowest BCUT2D eigenvalue weighted by Crippen LogP contribution is -2.47. The summed E-state index contributed by atoms with van der Waals surface area (Å²) in [6.45, 7) is 4.21. The predicted molar refractivity (Wildman–Crippen MR) is 58.2 cm³/mol. The Kier molecular flexibility index (Phi) is 3.33. The number of nitrogens with one attached hydrogen (secondary N) is 1. The number of nitrogens with two attached hydrogens (primary N) is 2. The molecule has 5 N–H and O–H groups in total. The van der Waals surface area contributed by atoms with Crippen molar-refractivity contribution in [3.8, 4) is 0 Å². The molecule has 1 aliphatic heterocycles. The van der Waals surface area contributed by atoms with E-state index in [1.807, 2.05) is 4.90 Å². The highest BCUT2D eigenvalue weighted by Crippen LogP contribution is 2.22. The van der Waals surface area contributed by atoms with Gasteiger partial charge in [0.25, 0.3) is 0 Å². The Hall–Kier alpha value is -1.26. The van der Waals surface area contributed by atoms with E-state index in [9.17, 15) is 0 Å². The molecule has 5 nitrogen and oxygen atoms in total. The monoisotopic (exact) mass is 197 g/mol. The lowest BCUT2D eigenvalue weighted by atomic mass is 9.98. The topological polar surface area (TPSA) is 91.5 Å². The Balaban J connectivity index is 2.72. The van der Waals surface area contributed by atoms with E-state index < -0.39 is 0 Å². The first-order chi connectivity index (χ1) is 6.52. The van der Waals surface area contributed by atoms with Crippen LogP contribution in [-0.2, 0) is 0 Å². The van der Waals surface area contributed by atoms with Gasteiger partial charge in [-0.15, -0.1) is 0 Å². The van der Waals surface area contributed by atoms with Crippen LogP contribution in [0.3, 0.4) is 0 Å². The molecule has 14 heavy (non-hydrogen) atoms. The van der Waals surface area contributed by atoms with Gasteiger partial charge in [0.05, 0.1) is 0 Å². The molecule has 0 unspecified atom stereocenters. The van der Waals surface area contributed by atoms with E-state index in [4.69, 9.17) is 16.9 Å². The molecule has 80 valence electrons. The average molecular weight is 197 g/mol. The molecule has 0 radical (unpaired) electrons. The van der Waals surface area contributed by atoms with Gasteiger partial charge in [0.1, 0.15) is 0 Å². The fourth-order valence-electron chi connectivity index (χ4n) is 2.02. The van der Waals surface area contributed by atoms with Gasteiger partial charge in [-0.25, -0.2) is 0 Å². The Bertz CT molecular complexity index is 234. The zero-order valence-electron chi connectivity index (χ0n) is 8.83. The van der Waals surface area contributed by atoms with Crippen LogP contribution in [0.2, 0.25) is 0 Å². The van der Waals surface area contributed by atoms with Crippen LogP contribution in [0.5, 0.6) is 0 Å². The molecule has 0 aliphatic carbocycles. The minimum absolute atomic E-state index is 0.0417. The van der Waals surface area contributed by atoms with Gasteiger partial charge in [-0.05, 0) is 33.1 Å². The third-order valence-corrected chi connectivity index (χ3v) is 2.67. The summed E-state index contributed by atoms with van der Waals surface area (Å²) in [6.07, 6.45) is 3.42. The predicted octanol–water partition coefficient (Wildman–Crippen LogP) is 0.457. The van der Waals surface area contributed by atoms with Crippen molar-refractivity contribution in [1.29, 1.82) is 5.41 Å². The zero-order chi connectivity index (χ0) is 10.7. The van der Waals surface area contributed by atoms with E-state index in [1.54, 1.807) is 0 Å². The standard InChI is InChI=1S/C9H19N5/c1-6-4-3-5-7(2)14(6)9(12)13-8(10)11/h6-7H,3-5H2,1-2H3,(H5,10,11,12,13)/t6-,7+. The van der Waals surface area contributed by atoms with E-state index in [0.29, 0.717) is 12.1 Å². The smallest absolute Gasteiger partial charge is 0.221 e. The van der Waals surface area contributed by atoms with Crippen LogP contribution >= 0.6 is 0 Å². The first-order valence-electron chi connectivity index (χ1n) is 4.99. The van der Waals surface area contributed by atoms with Crippen LogP contribution < -0.4 is 11.5 Å². The number of piperidine rings is 1. The van der Waals surface area contributed by atoms with Crippen molar-refractivity contribution < 1.29 is 0 Å². The summed E-state index contributed by atoms with van der Waals surface area (Å²) in [7, 11) is 0. The molecule has 1 fully saturated rings. The quantitative estimate of drug-likeness (QED) is 0.389. The van der Waals surface area contributed by atoms with Gasteiger partial charge in [0.15, 0.2) is 5.96 Å². The SMILES string of the molecule is C[C@@H]1CCC[C@H](C)N1C(=N)N=C(N)N. The van der Waals surface area contributed by atoms with Gasteiger partial charge in [-0.3, -0.25) is 5.41 Å². The van der Waals surface area contributed by atoms with Crippen LogP contribution in [0, 0.1) is 5.41 Å². The molecular weight excluding hydrogens is 178 g/mol. The Morgan fingerprint density at radius 1 is 1.29 bits per heavy atom. The van der Waals surface area contributed by atoms with E-state index >= 15 is 0 Å². The van der Waals surface area contributed by atoms with Crippen LogP contribution in [-0.4, -0.2) is 28.9 Å². The van der Waals surface area contributed by atoms with Crippen LogP contribution in [0.1, 0.15) is 33.1 Å². The molecule has 1 aliphatic rings. The highest BCUT2D eigenvalue weighted by Gasteiger charge is 2.26. The minimum atomic E-state index is -0.0417. The maximum atomic E-state index is 7.75. The normalized spacial score (nSPS) is 27.1. The fourth-order valence-corrected chi connectivity index (χ4v) is 2.02. The number of guanidine groups is 2. The van der Waals surface area contributed by atoms with Crippen molar-refractivity contribution in [1.82, 2.24) is 4.90 Å². The molecule has 1 heterocycles.